The van der Waals surface area contributed by atoms with Gasteiger partial charge in [-0.2, -0.15) is 4.80 Å². The van der Waals surface area contributed by atoms with E-state index >= 15 is 0 Å². The van der Waals surface area contributed by atoms with Gasteiger partial charge in [-0.3, -0.25) is 0 Å². The molecule has 0 radical (unpaired) electrons. The molecule has 2 aromatic heterocycles. The molecule has 0 unspecified atom stereocenters. The molecule has 0 fully saturated rings. The average Bonchev–Trinajstić information content (AvgIpc) is 3.29. The van der Waals surface area contributed by atoms with E-state index in [4.69, 9.17) is 4.74 Å². The molecule has 0 atom stereocenters. The van der Waals surface area contributed by atoms with Crippen LogP contribution in [0.15, 0.2) is 53.9 Å². The Hall–Kier alpha value is -2.80. The van der Waals surface area contributed by atoms with Crippen molar-refractivity contribution >= 4 is 23.4 Å². The SMILES string of the molecule is O=C(/C=C/c1cccs1)OCCCn1nnc(-c2ccccc2)n1. The molecule has 0 N–H and O–H groups in total. The van der Waals surface area contributed by atoms with Crippen LogP contribution in [0.4, 0.5) is 0 Å². The number of esters is 1. The standard InChI is InChI=1S/C17H16N4O2S/c22-16(10-9-15-8-4-13-24-15)23-12-5-11-21-19-17(18-20-21)14-6-2-1-3-7-14/h1-4,6-10,13H,5,11-12H2/b10-9+. The first-order valence-electron chi connectivity index (χ1n) is 7.53. The zero-order valence-corrected chi connectivity index (χ0v) is 13.7. The summed E-state index contributed by atoms with van der Waals surface area (Å²) in [5.74, 6) is 0.242. The van der Waals surface area contributed by atoms with E-state index < -0.39 is 0 Å². The summed E-state index contributed by atoms with van der Waals surface area (Å²) in [6, 6.07) is 13.5. The maximum absolute atomic E-state index is 11.6. The molecule has 3 aromatic rings. The van der Waals surface area contributed by atoms with Crippen molar-refractivity contribution in [3.8, 4) is 11.4 Å². The molecule has 1 aromatic carbocycles. The highest BCUT2D eigenvalue weighted by Gasteiger charge is 2.05. The Morgan fingerprint density at radius 1 is 1.21 bits per heavy atom. The van der Waals surface area contributed by atoms with Gasteiger partial charge in [0, 0.05) is 22.9 Å². The predicted octanol–water partition coefficient (Wildman–Crippen LogP) is 3.05. The number of carbonyl (C=O) groups is 1. The third kappa shape index (κ3) is 4.60. The number of carbonyl (C=O) groups excluding carboxylic acids is 1. The Labute approximate surface area is 143 Å². The van der Waals surface area contributed by atoms with E-state index in [1.54, 1.807) is 17.4 Å². The summed E-state index contributed by atoms with van der Waals surface area (Å²) < 4.78 is 5.14. The van der Waals surface area contributed by atoms with Crippen LogP contribution in [0.25, 0.3) is 17.5 Å². The van der Waals surface area contributed by atoms with E-state index in [9.17, 15) is 4.79 Å². The molecule has 0 amide bonds. The Kier molecular flexibility index (Phi) is 5.47. The minimum Gasteiger partial charge on any atom is -0.462 e. The van der Waals surface area contributed by atoms with Crippen molar-refractivity contribution in [1.82, 2.24) is 20.2 Å². The molecule has 0 spiro atoms. The van der Waals surface area contributed by atoms with Crippen molar-refractivity contribution in [2.75, 3.05) is 6.61 Å². The summed E-state index contributed by atoms with van der Waals surface area (Å²) in [5, 5.41) is 14.3. The molecular formula is C17H16N4O2S. The van der Waals surface area contributed by atoms with Crippen molar-refractivity contribution < 1.29 is 9.53 Å². The monoisotopic (exact) mass is 340 g/mol. The lowest BCUT2D eigenvalue weighted by Gasteiger charge is -2.01. The molecule has 2 heterocycles. The summed E-state index contributed by atoms with van der Waals surface area (Å²) >= 11 is 1.57. The number of rotatable bonds is 7. The van der Waals surface area contributed by atoms with Gasteiger partial charge >= 0.3 is 5.97 Å². The van der Waals surface area contributed by atoms with Gasteiger partial charge in [0.15, 0.2) is 0 Å². The first-order chi connectivity index (χ1) is 11.8. The number of nitrogens with zero attached hydrogens (tertiary/aromatic N) is 4. The van der Waals surface area contributed by atoms with Crippen LogP contribution in [0.1, 0.15) is 11.3 Å². The lowest BCUT2D eigenvalue weighted by Crippen LogP contribution is -2.08. The molecule has 0 saturated heterocycles. The zero-order valence-electron chi connectivity index (χ0n) is 12.9. The lowest BCUT2D eigenvalue weighted by atomic mass is 10.2. The van der Waals surface area contributed by atoms with Crippen LogP contribution in [0.5, 0.6) is 0 Å². The number of thiophene rings is 1. The number of ether oxygens (including phenoxy) is 1. The van der Waals surface area contributed by atoms with E-state index in [0.29, 0.717) is 25.4 Å². The first kappa shape index (κ1) is 16.1. The molecule has 24 heavy (non-hydrogen) atoms. The molecule has 0 saturated carbocycles. The average molecular weight is 340 g/mol. The maximum atomic E-state index is 11.6. The Balaban J connectivity index is 1.41. The quantitative estimate of drug-likeness (QED) is 0.376. The second kappa shape index (κ2) is 8.16. The van der Waals surface area contributed by atoms with Gasteiger partial charge in [0.2, 0.25) is 5.82 Å². The summed E-state index contributed by atoms with van der Waals surface area (Å²) in [7, 11) is 0. The van der Waals surface area contributed by atoms with Crippen LogP contribution < -0.4 is 0 Å². The summed E-state index contributed by atoms with van der Waals surface area (Å²) in [5.41, 5.74) is 0.925. The summed E-state index contributed by atoms with van der Waals surface area (Å²) in [6.07, 6.45) is 3.81. The van der Waals surface area contributed by atoms with E-state index in [1.165, 1.54) is 10.9 Å². The minimum atomic E-state index is -0.347. The second-order valence-corrected chi connectivity index (χ2v) is 5.92. The molecule has 0 aliphatic carbocycles. The second-order valence-electron chi connectivity index (χ2n) is 4.94. The molecule has 3 rings (SSSR count). The highest BCUT2D eigenvalue weighted by molar-refractivity contribution is 7.10. The third-order valence-electron chi connectivity index (χ3n) is 3.16. The van der Waals surface area contributed by atoms with Gasteiger partial charge in [-0.15, -0.1) is 21.5 Å². The molecule has 0 bridgehead atoms. The van der Waals surface area contributed by atoms with E-state index in [-0.39, 0.29) is 5.97 Å². The summed E-state index contributed by atoms with van der Waals surface area (Å²) in [6.45, 7) is 0.859. The minimum absolute atomic E-state index is 0.315. The van der Waals surface area contributed by atoms with Crippen molar-refractivity contribution in [2.24, 2.45) is 0 Å². The lowest BCUT2D eigenvalue weighted by molar-refractivity contribution is -0.137. The molecule has 0 aliphatic rings. The van der Waals surface area contributed by atoms with Gasteiger partial charge in [-0.1, -0.05) is 36.4 Å². The van der Waals surface area contributed by atoms with Gasteiger partial charge in [-0.25, -0.2) is 4.79 Å². The molecular weight excluding hydrogens is 324 g/mol. The number of hydrogen-bond acceptors (Lipinski definition) is 6. The van der Waals surface area contributed by atoms with Gasteiger partial charge in [0.25, 0.3) is 0 Å². The molecule has 122 valence electrons. The van der Waals surface area contributed by atoms with E-state index in [1.807, 2.05) is 47.8 Å². The smallest absolute Gasteiger partial charge is 0.330 e. The fraction of sp³-hybridized carbons (Fsp3) is 0.176. The Bertz CT molecular complexity index is 797. The van der Waals surface area contributed by atoms with E-state index in [0.717, 1.165) is 10.4 Å². The van der Waals surface area contributed by atoms with E-state index in [2.05, 4.69) is 15.4 Å². The van der Waals surface area contributed by atoms with Gasteiger partial charge < -0.3 is 4.74 Å². The van der Waals surface area contributed by atoms with Crippen LogP contribution in [0, 0.1) is 0 Å². The fourth-order valence-electron chi connectivity index (χ4n) is 2.00. The topological polar surface area (TPSA) is 69.9 Å². The number of tetrazole rings is 1. The summed E-state index contributed by atoms with van der Waals surface area (Å²) in [4.78, 5) is 14.1. The third-order valence-corrected chi connectivity index (χ3v) is 4.00. The van der Waals surface area contributed by atoms with Gasteiger partial charge in [0.05, 0.1) is 13.2 Å². The Morgan fingerprint density at radius 3 is 2.88 bits per heavy atom. The number of hydrogen-bond donors (Lipinski definition) is 0. The van der Waals surface area contributed by atoms with Crippen molar-refractivity contribution in [2.45, 2.75) is 13.0 Å². The van der Waals surface area contributed by atoms with Crippen LogP contribution in [-0.2, 0) is 16.1 Å². The molecule has 7 heteroatoms. The fourth-order valence-corrected chi connectivity index (χ4v) is 2.62. The molecule has 6 nitrogen and oxygen atoms in total. The number of aryl methyl sites for hydroxylation is 1. The van der Waals surface area contributed by atoms with Crippen LogP contribution in [0.2, 0.25) is 0 Å². The number of benzene rings is 1. The predicted molar refractivity (Wildman–Crippen MR) is 92.2 cm³/mol. The Morgan fingerprint density at radius 2 is 2.08 bits per heavy atom. The zero-order chi connectivity index (χ0) is 16.6. The van der Waals surface area contributed by atoms with Crippen LogP contribution in [0.3, 0.4) is 0 Å². The van der Waals surface area contributed by atoms with Crippen LogP contribution in [-0.4, -0.2) is 32.8 Å². The molecule has 0 aliphatic heterocycles. The van der Waals surface area contributed by atoms with Crippen molar-refractivity contribution in [3.05, 3.63) is 58.8 Å². The number of aromatic nitrogens is 4. The van der Waals surface area contributed by atoms with Gasteiger partial charge in [0.1, 0.15) is 0 Å². The first-order valence-corrected chi connectivity index (χ1v) is 8.41. The van der Waals surface area contributed by atoms with Crippen molar-refractivity contribution in [3.63, 3.8) is 0 Å². The van der Waals surface area contributed by atoms with Gasteiger partial charge in [-0.05, 0) is 22.7 Å². The van der Waals surface area contributed by atoms with Crippen molar-refractivity contribution in [1.29, 1.82) is 0 Å². The maximum Gasteiger partial charge on any atom is 0.330 e. The highest BCUT2D eigenvalue weighted by Crippen LogP contribution is 2.12. The highest BCUT2D eigenvalue weighted by atomic mass is 32.1. The largest absolute Gasteiger partial charge is 0.462 e. The van der Waals surface area contributed by atoms with Crippen LogP contribution >= 0.6 is 11.3 Å². The normalized spacial score (nSPS) is 11.0.